The van der Waals surface area contributed by atoms with Crippen molar-refractivity contribution >= 4 is 17.2 Å². The lowest BCUT2D eigenvalue weighted by atomic mass is 10.3. The zero-order valence-corrected chi connectivity index (χ0v) is 10.8. The molecule has 1 aromatic rings. The quantitative estimate of drug-likeness (QED) is 0.777. The molecular weight excluding hydrogens is 224 g/mol. The third-order valence-electron chi connectivity index (χ3n) is 1.97. The van der Waals surface area contributed by atoms with Crippen molar-refractivity contribution in [3.05, 3.63) is 16.1 Å². The number of carbonyl (C=O) groups is 1. The third-order valence-corrected chi connectivity index (χ3v) is 3.06. The van der Waals surface area contributed by atoms with Gasteiger partial charge in [0.05, 0.1) is 6.04 Å². The van der Waals surface area contributed by atoms with Gasteiger partial charge in [0.15, 0.2) is 0 Å². The van der Waals surface area contributed by atoms with Crippen LogP contribution in [0.1, 0.15) is 36.2 Å². The highest BCUT2D eigenvalue weighted by atomic mass is 32.1. The molecule has 0 aliphatic heterocycles. The minimum atomic E-state index is -0.0891. The van der Waals surface area contributed by atoms with Crippen LogP contribution in [0.25, 0.3) is 0 Å². The molecule has 1 amide bonds. The highest BCUT2D eigenvalue weighted by Gasteiger charge is 2.12. The molecule has 0 spiro atoms. The molecule has 0 aliphatic rings. The van der Waals surface area contributed by atoms with Crippen molar-refractivity contribution in [2.75, 3.05) is 13.2 Å². The van der Waals surface area contributed by atoms with Crippen LogP contribution >= 0.6 is 11.3 Å². The molecule has 0 aromatic carbocycles. The summed E-state index contributed by atoms with van der Waals surface area (Å²) in [6.45, 7) is 6.69. The van der Waals surface area contributed by atoms with Crippen molar-refractivity contribution < 1.29 is 9.53 Å². The SMILES string of the molecule is CCCOCC(=O)NC(C)c1ncc(C)s1. The van der Waals surface area contributed by atoms with Crippen LogP contribution in [-0.4, -0.2) is 24.1 Å². The maximum Gasteiger partial charge on any atom is 0.246 e. The maximum absolute atomic E-state index is 11.4. The summed E-state index contributed by atoms with van der Waals surface area (Å²) in [7, 11) is 0. The Hall–Kier alpha value is -0.940. The number of ether oxygens (including phenoxy) is 1. The fourth-order valence-corrected chi connectivity index (χ4v) is 2.00. The largest absolute Gasteiger partial charge is 0.372 e. The Morgan fingerprint density at radius 2 is 2.44 bits per heavy atom. The predicted octanol–water partition coefficient (Wildman–Crippen LogP) is 2.06. The van der Waals surface area contributed by atoms with E-state index in [2.05, 4.69) is 10.3 Å². The van der Waals surface area contributed by atoms with Crippen LogP contribution in [0.2, 0.25) is 0 Å². The number of aryl methyl sites for hydroxylation is 1. The molecule has 0 aliphatic carbocycles. The molecule has 5 heteroatoms. The summed E-state index contributed by atoms with van der Waals surface area (Å²) in [5.41, 5.74) is 0. The Kier molecular flexibility index (Phi) is 5.42. The third kappa shape index (κ3) is 4.28. The van der Waals surface area contributed by atoms with Crippen molar-refractivity contribution in [2.45, 2.75) is 33.2 Å². The average molecular weight is 242 g/mol. The van der Waals surface area contributed by atoms with Gasteiger partial charge in [-0.25, -0.2) is 4.98 Å². The highest BCUT2D eigenvalue weighted by molar-refractivity contribution is 7.11. The molecule has 0 saturated carbocycles. The molecular formula is C11H18N2O2S. The molecule has 1 unspecified atom stereocenters. The summed E-state index contributed by atoms with van der Waals surface area (Å²) >= 11 is 1.60. The fraction of sp³-hybridized carbons (Fsp3) is 0.636. The second-order valence-corrected chi connectivity index (χ2v) is 4.92. The van der Waals surface area contributed by atoms with Crippen molar-refractivity contribution in [3.8, 4) is 0 Å². The molecule has 16 heavy (non-hydrogen) atoms. The smallest absolute Gasteiger partial charge is 0.246 e. The van der Waals surface area contributed by atoms with E-state index >= 15 is 0 Å². The summed E-state index contributed by atoms with van der Waals surface area (Å²) in [4.78, 5) is 16.8. The fourth-order valence-electron chi connectivity index (χ4n) is 1.23. The summed E-state index contributed by atoms with van der Waals surface area (Å²) in [5.74, 6) is -0.0891. The Bertz CT molecular complexity index is 338. The molecule has 1 heterocycles. The summed E-state index contributed by atoms with van der Waals surface area (Å²) in [5, 5.41) is 3.78. The second kappa shape index (κ2) is 6.60. The number of nitrogens with zero attached hydrogens (tertiary/aromatic N) is 1. The maximum atomic E-state index is 11.4. The number of amides is 1. The lowest BCUT2D eigenvalue weighted by Crippen LogP contribution is -2.30. The van der Waals surface area contributed by atoms with Crippen LogP contribution in [0.3, 0.4) is 0 Å². The number of aromatic nitrogens is 1. The van der Waals surface area contributed by atoms with Crippen LogP contribution in [0.15, 0.2) is 6.20 Å². The van der Waals surface area contributed by atoms with E-state index < -0.39 is 0 Å². The summed E-state index contributed by atoms with van der Waals surface area (Å²) in [6.07, 6.45) is 2.74. The van der Waals surface area contributed by atoms with Gasteiger partial charge in [0.1, 0.15) is 11.6 Å². The number of hydrogen-bond acceptors (Lipinski definition) is 4. The molecule has 0 fully saturated rings. The highest BCUT2D eigenvalue weighted by Crippen LogP contribution is 2.18. The predicted molar refractivity (Wildman–Crippen MR) is 64.5 cm³/mol. The van der Waals surface area contributed by atoms with Gasteiger partial charge in [-0.1, -0.05) is 6.92 Å². The number of thiazole rings is 1. The minimum Gasteiger partial charge on any atom is -0.372 e. The van der Waals surface area contributed by atoms with Crippen LogP contribution in [0.4, 0.5) is 0 Å². The Morgan fingerprint density at radius 1 is 1.69 bits per heavy atom. The number of hydrogen-bond donors (Lipinski definition) is 1. The van der Waals surface area contributed by atoms with E-state index in [0.29, 0.717) is 6.61 Å². The van der Waals surface area contributed by atoms with Gasteiger partial charge in [0, 0.05) is 17.7 Å². The van der Waals surface area contributed by atoms with Gasteiger partial charge in [-0.3, -0.25) is 4.79 Å². The van der Waals surface area contributed by atoms with E-state index in [0.717, 1.165) is 16.3 Å². The van der Waals surface area contributed by atoms with Crippen LogP contribution < -0.4 is 5.32 Å². The lowest BCUT2D eigenvalue weighted by Gasteiger charge is -2.11. The van der Waals surface area contributed by atoms with E-state index in [4.69, 9.17) is 4.74 Å². The molecule has 1 rings (SSSR count). The molecule has 4 nitrogen and oxygen atoms in total. The molecule has 0 bridgehead atoms. The zero-order chi connectivity index (χ0) is 12.0. The molecule has 90 valence electrons. The van der Waals surface area contributed by atoms with Gasteiger partial charge in [0.25, 0.3) is 0 Å². The van der Waals surface area contributed by atoms with Gasteiger partial charge in [-0.15, -0.1) is 11.3 Å². The van der Waals surface area contributed by atoms with Crippen molar-refractivity contribution in [1.29, 1.82) is 0 Å². The van der Waals surface area contributed by atoms with Gasteiger partial charge in [-0.05, 0) is 20.3 Å². The van der Waals surface area contributed by atoms with E-state index in [1.54, 1.807) is 11.3 Å². The van der Waals surface area contributed by atoms with Gasteiger partial charge in [0.2, 0.25) is 5.91 Å². The monoisotopic (exact) mass is 242 g/mol. The first-order valence-corrected chi connectivity index (χ1v) is 6.24. The van der Waals surface area contributed by atoms with Gasteiger partial charge in [-0.2, -0.15) is 0 Å². The molecule has 0 radical (unpaired) electrons. The van der Waals surface area contributed by atoms with Crippen LogP contribution in [0, 0.1) is 6.92 Å². The Morgan fingerprint density at radius 3 is 3.00 bits per heavy atom. The van der Waals surface area contributed by atoms with Gasteiger partial charge < -0.3 is 10.1 Å². The first-order chi connectivity index (χ1) is 7.63. The van der Waals surface area contributed by atoms with Crippen molar-refractivity contribution in [3.63, 3.8) is 0 Å². The first kappa shape index (κ1) is 13.1. The van der Waals surface area contributed by atoms with Crippen LogP contribution in [-0.2, 0) is 9.53 Å². The molecule has 1 aromatic heterocycles. The normalized spacial score (nSPS) is 12.4. The number of nitrogens with one attached hydrogen (secondary N) is 1. The summed E-state index contributed by atoms with van der Waals surface area (Å²) in [6, 6.07) is -0.0450. The zero-order valence-electron chi connectivity index (χ0n) is 9.95. The van der Waals surface area contributed by atoms with Crippen molar-refractivity contribution in [1.82, 2.24) is 10.3 Å². The van der Waals surface area contributed by atoms with E-state index in [9.17, 15) is 4.79 Å². The van der Waals surface area contributed by atoms with E-state index in [1.165, 1.54) is 0 Å². The van der Waals surface area contributed by atoms with E-state index in [1.807, 2.05) is 27.0 Å². The van der Waals surface area contributed by atoms with Crippen LogP contribution in [0.5, 0.6) is 0 Å². The van der Waals surface area contributed by atoms with Crippen molar-refractivity contribution in [2.24, 2.45) is 0 Å². The lowest BCUT2D eigenvalue weighted by molar-refractivity contribution is -0.126. The molecule has 1 atom stereocenters. The standard InChI is InChI=1S/C11H18N2O2S/c1-4-5-15-7-10(14)13-9(3)11-12-6-8(2)16-11/h6,9H,4-5,7H2,1-3H3,(H,13,14). The number of rotatable bonds is 6. The van der Waals surface area contributed by atoms with E-state index in [-0.39, 0.29) is 18.6 Å². The molecule has 1 N–H and O–H groups in total. The molecule has 0 saturated heterocycles. The first-order valence-electron chi connectivity index (χ1n) is 5.43. The van der Waals surface area contributed by atoms with Gasteiger partial charge >= 0.3 is 0 Å². The number of carbonyl (C=O) groups excluding carboxylic acids is 1. The summed E-state index contributed by atoms with van der Waals surface area (Å²) < 4.78 is 5.16. The minimum absolute atomic E-state index is 0.0450. The Balaban J connectivity index is 2.33. The second-order valence-electron chi connectivity index (χ2n) is 3.65. The Labute approximate surface area is 100 Å². The topological polar surface area (TPSA) is 51.2 Å². The average Bonchev–Trinajstić information content (AvgIpc) is 2.65.